The van der Waals surface area contributed by atoms with E-state index in [1.54, 1.807) is 0 Å². The summed E-state index contributed by atoms with van der Waals surface area (Å²) in [7, 11) is 0. The van der Waals surface area contributed by atoms with Crippen LogP contribution in [0.4, 0.5) is 0 Å². The quantitative estimate of drug-likeness (QED) is 0.606. The van der Waals surface area contributed by atoms with Crippen LogP contribution in [-0.2, 0) is 6.42 Å². The summed E-state index contributed by atoms with van der Waals surface area (Å²) in [6.45, 7) is 0.230. The molecule has 1 atom stereocenters. The first-order chi connectivity index (χ1) is 7.92. The Hall–Kier alpha value is -1.33. The van der Waals surface area contributed by atoms with Gasteiger partial charge in [0.25, 0.3) is 0 Å². The third kappa shape index (κ3) is 2.62. The Kier molecular flexibility index (Phi) is 3.96. The fourth-order valence-corrected chi connectivity index (χ4v) is 2.11. The summed E-state index contributed by atoms with van der Waals surface area (Å²) in [4.78, 5) is 4.45. The SMILES string of the molecule is OCCCC#CC1CCCc2cccnc21. The standard InChI is InChI=1S/C14H17NO/c16-11-3-1-2-6-12-7-4-8-13-9-5-10-15-14(12)13/h5,9-10,12,16H,1,3-4,7-8,11H2. The average Bonchev–Trinajstić information content (AvgIpc) is 2.35. The maximum Gasteiger partial charge on any atom is 0.0627 e. The molecule has 2 rings (SSSR count). The molecule has 1 unspecified atom stereocenters. The predicted molar refractivity (Wildman–Crippen MR) is 64.0 cm³/mol. The minimum absolute atomic E-state index is 0.230. The van der Waals surface area contributed by atoms with Gasteiger partial charge in [-0.3, -0.25) is 4.98 Å². The molecular formula is C14H17NO. The van der Waals surface area contributed by atoms with Crippen LogP contribution in [0.2, 0.25) is 0 Å². The number of pyridine rings is 1. The van der Waals surface area contributed by atoms with Crippen LogP contribution in [0, 0.1) is 11.8 Å². The van der Waals surface area contributed by atoms with Crippen molar-refractivity contribution in [3.05, 3.63) is 29.6 Å². The molecule has 1 heterocycles. The molecule has 0 saturated heterocycles. The van der Waals surface area contributed by atoms with Crippen molar-refractivity contribution in [3.63, 3.8) is 0 Å². The third-order valence-corrected chi connectivity index (χ3v) is 2.93. The first kappa shape index (κ1) is 11.2. The van der Waals surface area contributed by atoms with Gasteiger partial charge < -0.3 is 5.11 Å². The molecule has 2 nitrogen and oxygen atoms in total. The van der Waals surface area contributed by atoms with Gasteiger partial charge in [-0.05, 0) is 37.3 Å². The molecule has 16 heavy (non-hydrogen) atoms. The Morgan fingerprint density at radius 1 is 1.50 bits per heavy atom. The van der Waals surface area contributed by atoms with Gasteiger partial charge in [0.15, 0.2) is 0 Å². The van der Waals surface area contributed by atoms with Gasteiger partial charge in [-0.25, -0.2) is 0 Å². The smallest absolute Gasteiger partial charge is 0.0627 e. The fourth-order valence-electron chi connectivity index (χ4n) is 2.11. The third-order valence-electron chi connectivity index (χ3n) is 2.93. The van der Waals surface area contributed by atoms with Crippen LogP contribution < -0.4 is 0 Å². The number of rotatable bonds is 2. The van der Waals surface area contributed by atoms with Gasteiger partial charge in [-0.2, -0.15) is 0 Å². The molecule has 1 N–H and O–H groups in total. The molecule has 0 saturated carbocycles. The average molecular weight is 215 g/mol. The Bertz CT molecular complexity index is 403. The number of hydrogen-bond acceptors (Lipinski definition) is 2. The first-order valence-corrected chi connectivity index (χ1v) is 5.95. The van der Waals surface area contributed by atoms with Crippen LogP contribution in [0.5, 0.6) is 0 Å². The van der Waals surface area contributed by atoms with Crippen molar-refractivity contribution < 1.29 is 5.11 Å². The van der Waals surface area contributed by atoms with E-state index in [-0.39, 0.29) is 6.61 Å². The second-order valence-electron chi connectivity index (χ2n) is 4.14. The van der Waals surface area contributed by atoms with E-state index in [1.165, 1.54) is 17.7 Å². The highest BCUT2D eigenvalue weighted by atomic mass is 16.2. The van der Waals surface area contributed by atoms with E-state index < -0.39 is 0 Å². The number of fused-ring (bicyclic) bond motifs is 1. The van der Waals surface area contributed by atoms with Crippen molar-refractivity contribution in [1.29, 1.82) is 0 Å². The molecule has 0 radical (unpaired) electrons. The molecule has 1 aromatic rings. The van der Waals surface area contributed by atoms with Gasteiger partial charge in [0.1, 0.15) is 0 Å². The molecule has 1 aliphatic rings. The van der Waals surface area contributed by atoms with E-state index in [2.05, 4.69) is 22.9 Å². The summed E-state index contributed by atoms with van der Waals surface area (Å²) in [6, 6.07) is 4.16. The Labute approximate surface area is 96.7 Å². The minimum atomic E-state index is 0.230. The molecular weight excluding hydrogens is 198 g/mol. The molecule has 0 aromatic carbocycles. The minimum Gasteiger partial charge on any atom is -0.396 e. The number of nitrogens with zero attached hydrogens (tertiary/aromatic N) is 1. The Morgan fingerprint density at radius 3 is 3.31 bits per heavy atom. The molecule has 2 heteroatoms. The van der Waals surface area contributed by atoms with Gasteiger partial charge in [-0.15, -0.1) is 5.92 Å². The molecule has 1 aromatic heterocycles. The second-order valence-corrected chi connectivity index (χ2v) is 4.14. The highest BCUT2D eigenvalue weighted by Crippen LogP contribution is 2.28. The van der Waals surface area contributed by atoms with Crippen LogP contribution in [0.3, 0.4) is 0 Å². The highest BCUT2D eigenvalue weighted by molar-refractivity contribution is 5.32. The van der Waals surface area contributed by atoms with Crippen LogP contribution >= 0.6 is 0 Å². The van der Waals surface area contributed by atoms with Crippen molar-refractivity contribution in [2.45, 2.75) is 38.0 Å². The molecule has 0 spiro atoms. The zero-order valence-corrected chi connectivity index (χ0v) is 9.45. The van der Waals surface area contributed by atoms with Crippen LogP contribution in [0.1, 0.15) is 42.9 Å². The number of unbranched alkanes of at least 4 members (excludes halogenated alkanes) is 1. The Balaban J connectivity index is 2.09. The van der Waals surface area contributed by atoms with E-state index in [0.29, 0.717) is 5.92 Å². The van der Waals surface area contributed by atoms with E-state index in [0.717, 1.165) is 25.7 Å². The summed E-state index contributed by atoms with van der Waals surface area (Å²) < 4.78 is 0. The van der Waals surface area contributed by atoms with Crippen molar-refractivity contribution in [2.24, 2.45) is 0 Å². The van der Waals surface area contributed by atoms with Crippen molar-refractivity contribution in [2.75, 3.05) is 6.61 Å². The molecule has 0 aliphatic heterocycles. The summed E-state index contributed by atoms with van der Waals surface area (Å²) >= 11 is 0. The number of aryl methyl sites for hydroxylation is 1. The van der Waals surface area contributed by atoms with Gasteiger partial charge in [0, 0.05) is 19.2 Å². The van der Waals surface area contributed by atoms with Gasteiger partial charge in [0.2, 0.25) is 0 Å². The number of aliphatic hydroxyl groups excluding tert-OH is 1. The normalized spacial score (nSPS) is 18.4. The second kappa shape index (κ2) is 5.67. The summed E-state index contributed by atoms with van der Waals surface area (Å²) in [5, 5.41) is 8.68. The van der Waals surface area contributed by atoms with Crippen LogP contribution in [0.25, 0.3) is 0 Å². The van der Waals surface area contributed by atoms with E-state index >= 15 is 0 Å². The van der Waals surface area contributed by atoms with Crippen LogP contribution in [-0.4, -0.2) is 16.7 Å². The lowest BCUT2D eigenvalue weighted by atomic mass is 9.87. The van der Waals surface area contributed by atoms with E-state index in [4.69, 9.17) is 5.11 Å². The van der Waals surface area contributed by atoms with Crippen molar-refractivity contribution >= 4 is 0 Å². The summed E-state index contributed by atoms with van der Waals surface area (Å²) in [5.74, 6) is 6.74. The monoisotopic (exact) mass is 215 g/mol. The topological polar surface area (TPSA) is 33.1 Å². The number of hydrogen-bond donors (Lipinski definition) is 1. The van der Waals surface area contributed by atoms with Gasteiger partial charge >= 0.3 is 0 Å². The van der Waals surface area contributed by atoms with Crippen molar-refractivity contribution in [1.82, 2.24) is 4.98 Å². The molecule has 0 bridgehead atoms. The van der Waals surface area contributed by atoms with E-state index in [1.807, 2.05) is 12.3 Å². The maximum absolute atomic E-state index is 8.68. The zero-order valence-electron chi connectivity index (χ0n) is 9.45. The summed E-state index contributed by atoms with van der Waals surface area (Å²) in [5.41, 5.74) is 2.53. The zero-order chi connectivity index (χ0) is 11.2. The van der Waals surface area contributed by atoms with E-state index in [9.17, 15) is 0 Å². The van der Waals surface area contributed by atoms with Gasteiger partial charge in [-0.1, -0.05) is 12.0 Å². The molecule has 1 aliphatic carbocycles. The lowest BCUT2D eigenvalue weighted by molar-refractivity contribution is 0.290. The highest BCUT2D eigenvalue weighted by Gasteiger charge is 2.18. The first-order valence-electron chi connectivity index (χ1n) is 5.95. The molecule has 84 valence electrons. The summed E-state index contributed by atoms with van der Waals surface area (Å²) in [6.07, 6.45) is 6.88. The number of aromatic nitrogens is 1. The lowest BCUT2D eigenvalue weighted by Crippen LogP contribution is -2.10. The molecule has 0 fully saturated rings. The van der Waals surface area contributed by atoms with Gasteiger partial charge in [0.05, 0.1) is 11.6 Å². The largest absolute Gasteiger partial charge is 0.396 e. The maximum atomic E-state index is 8.68. The van der Waals surface area contributed by atoms with Crippen LogP contribution in [0.15, 0.2) is 18.3 Å². The Morgan fingerprint density at radius 2 is 2.44 bits per heavy atom. The lowest BCUT2D eigenvalue weighted by Gasteiger charge is -2.19. The molecule has 0 amide bonds. The fraction of sp³-hybridized carbons (Fsp3) is 0.500. The number of aliphatic hydroxyl groups is 1. The predicted octanol–water partition coefficient (Wildman–Crippen LogP) is 2.28. The van der Waals surface area contributed by atoms with Crippen molar-refractivity contribution in [3.8, 4) is 11.8 Å².